The van der Waals surface area contributed by atoms with Gasteiger partial charge < -0.3 is 0 Å². The van der Waals surface area contributed by atoms with Crippen LogP contribution in [-0.4, -0.2) is 14.6 Å². The first-order chi connectivity index (χ1) is 8.25. The Bertz CT molecular complexity index is 679. The van der Waals surface area contributed by atoms with E-state index in [1.807, 2.05) is 36.4 Å². The molecule has 2 aromatic heterocycles. The van der Waals surface area contributed by atoms with Crippen LogP contribution in [0.2, 0.25) is 5.15 Å². The second-order valence-electron chi connectivity index (χ2n) is 3.54. The van der Waals surface area contributed by atoms with Crippen molar-refractivity contribution in [3.8, 4) is 11.3 Å². The summed E-state index contributed by atoms with van der Waals surface area (Å²) in [4.78, 5) is 4.52. The van der Waals surface area contributed by atoms with Crippen molar-refractivity contribution >= 4 is 33.2 Å². The van der Waals surface area contributed by atoms with Crippen LogP contribution in [0, 0.1) is 0 Å². The highest BCUT2D eigenvalue weighted by Gasteiger charge is 2.12. The quantitative estimate of drug-likeness (QED) is 0.684. The molecule has 0 aliphatic rings. The summed E-state index contributed by atoms with van der Waals surface area (Å²) in [7, 11) is 0. The van der Waals surface area contributed by atoms with Gasteiger partial charge in [0.2, 0.25) is 0 Å². The Kier molecular flexibility index (Phi) is 2.61. The van der Waals surface area contributed by atoms with Gasteiger partial charge in [-0.3, -0.25) is 0 Å². The summed E-state index contributed by atoms with van der Waals surface area (Å²) in [6.07, 6.45) is 0. The minimum atomic E-state index is 0.440. The number of aromatic nitrogens is 3. The topological polar surface area (TPSA) is 30.2 Å². The van der Waals surface area contributed by atoms with Crippen molar-refractivity contribution < 1.29 is 0 Å². The van der Waals surface area contributed by atoms with Crippen molar-refractivity contribution in [1.82, 2.24) is 14.6 Å². The normalized spacial score (nSPS) is 10.9. The molecule has 84 valence electrons. The molecule has 0 saturated heterocycles. The van der Waals surface area contributed by atoms with Gasteiger partial charge in [0.1, 0.15) is 15.5 Å². The van der Waals surface area contributed by atoms with Gasteiger partial charge in [-0.25, -0.2) is 9.50 Å². The highest BCUT2D eigenvalue weighted by Crippen LogP contribution is 2.28. The maximum atomic E-state index is 5.87. The summed E-state index contributed by atoms with van der Waals surface area (Å²) < 4.78 is 2.49. The van der Waals surface area contributed by atoms with Gasteiger partial charge >= 0.3 is 0 Å². The van der Waals surface area contributed by atoms with Crippen molar-refractivity contribution in [2.45, 2.75) is 0 Å². The molecular formula is C12H7BrClN3. The number of hydrogen-bond acceptors (Lipinski definition) is 2. The predicted octanol–water partition coefficient (Wildman–Crippen LogP) is 3.81. The zero-order valence-electron chi connectivity index (χ0n) is 8.64. The van der Waals surface area contributed by atoms with Crippen LogP contribution in [0.1, 0.15) is 0 Å². The molecule has 2 heterocycles. The number of rotatable bonds is 1. The Hall–Kier alpha value is -1.39. The van der Waals surface area contributed by atoms with Gasteiger partial charge in [-0.05, 0) is 28.1 Å². The van der Waals surface area contributed by atoms with Crippen LogP contribution >= 0.6 is 27.5 Å². The molecule has 0 unspecified atom stereocenters. The second kappa shape index (κ2) is 4.13. The number of halogens is 2. The van der Waals surface area contributed by atoms with Gasteiger partial charge in [0.25, 0.3) is 0 Å². The van der Waals surface area contributed by atoms with Crippen molar-refractivity contribution in [3.05, 3.63) is 52.2 Å². The highest BCUT2D eigenvalue weighted by atomic mass is 79.9. The van der Waals surface area contributed by atoms with E-state index in [1.165, 1.54) is 0 Å². The highest BCUT2D eigenvalue weighted by molar-refractivity contribution is 9.10. The third-order valence-electron chi connectivity index (χ3n) is 2.44. The van der Waals surface area contributed by atoms with Gasteiger partial charge in [-0.15, -0.1) is 0 Å². The maximum absolute atomic E-state index is 5.87. The average molecular weight is 309 g/mol. The molecule has 0 saturated carbocycles. The number of imidazole rings is 1. The minimum absolute atomic E-state index is 0.440. The van der Waals surface area contributed by atoms with Gasteiger partial charge in [-0.1, -0.05) is 41.9 Å². The third kappa shape index (κ3) is 1.83. The fourth-order valence-corrected chi connectivity index (χ4v) is 2.38. The first-order valence-corrected chi connectivity index (χ1v) is 6.19. The molecule has 0 aliphatic carbocycles. The molecule has 0 aliphatic heterocycles. The Morgan fingerprint density at radius 1 is 1.06 bits per heavy atom. The molecule has 0 spiro atoms. The fraction of sp³-hybridized carbons (Fsp3) is 0. The molecule has 0 amide bonds. The summed E-state index contributed by atoms with van der Waals surface area (Å²) in [5, 5.41) is 4.63. The molecular weight excluding hydrogens is 302 g/mol. The van der Waals surface area contributed by atoms with Crippen molar-refractivity contribution in [2.24, 2.45) is 0 Å². The number of hydrogen-bond donors (Lipinski definition) is 0. The van der Waals surface area contributed by atoms with Crippen molar-refractivity contribution in [1.29, 1.82) is 0 Å². The zero-order chi connectivity index (χ0) is 11.8. The van der Waals surface area contributed by atoms with Gasteiger partial charge in [0.15, 0.2) is 5.65 Å². The Morgan fingerprint density at radius 2 is 1.82 bits per heavy atom. The van der Waals surface area contributed by atoms with Crippen LogP contribution in [0.15, 0.2) is 47.1 Å². The smallest absolute Gasteiger partial charge is 0.155 e. The molecule has 0 bridgehead atoms. The number of fused-ring (bicyclic) bond motifs is 1. The van der Waals surface area contributed by atoms with Crippen LogP contribution in [0.4, 0.5) is 0 Å². The van der Waals surface area contributed by atoms with Gasteiger partial charge in [-0.2, -0.15) is 5.10 Å². The van der Waals surface area contributed by atoms with E-state index >= 15 is 0 Å². The predicted molar refractivity (Wildman–Crippen MR) is 71.1 cm³/mol. The minimum Gasteiger partial charge on any atom is -0.226 e. The zero-order valence-corrected chi connectivity index (χ0v) is 11.0. The molecule has 17 heavy (non-hydrogen) atoms. The van der Waals surface area contributed by atoms with Crippen LogP contribution in [0.5, 0.6) is 0 Å². The van der Waals surface area contributed by atoms with Crippen molar-refractivity contribution in [3.63, 3.8) is 0 Å². The van der Waals surface area contributed by atoms with E-state index in [0.717, 1.165) is 21.5 Å². The first-order valence-electron chi connectivity index (χ1n) is 5.02. The van der Waals surface area contributed by atoms with E-state index in [2.05, 4.69) is 26.0 Å². The summed E-state index contributed by atoms with van der Waals surface area (Å²) >= 11 is 9.37. The second-order valence-corrected chi connectivity index (χ2v) is 4.68. The lowest BCUT2D eigenvalue weighted by Crippen LogP contribution is -1.90. The molecule has 0 radical (unpaired) electrons. The molecule has 3 nitrogen and oxygen atoms in total. The fourth-order valence-electron chi connectivity index (χ4n) is 1.66. The standard InChI is InChI=1S/C12H7BrClN3/c13-12-11(8-4-2-1-3-5-8)15-10-7-6-9(14)16-17(10)12/h1-7H. The average Bonchev–Trinajstić information content (AvgIpc) is 2.68. The summed E-state index contributed by atoms with van der Waals surface area (Å²) in [6, 6.07) is 13.5. The maximum Gasteiger partial charge on any atom is 0.155 e. The molecule has 0 fully saturated rings. The van der Waals surface area contributed by atoms with Crippen LogP contribution in [0.3, 0.4) is 0 Å². The van der Waals surface area contributed by atoms with Crippen LogP contribution in [-0.2, 0) is 0 Å². The molecule has 5 heteroatoms. The summed E-state index contributed by atoms with van der Waals surface area (Å²) in [6.45, 7) is 0. The molecule has 0 N–H and O–H groups in total. The van der Waals surface area contributed by atoms with E-state index < -0.39 is 0 Å². The lowest BCUT2D eigenvalue weighted by molar-refractivity contribution is 0.917. The monoisotopic (exact) mass is 307 g/mol. The summed E-state index contributed by atoms with van der Waals surface area (Å²) in [5.74, 6) is 0. The molecule has 0 atom stereocenters. The lowest BCUT2D eigenvalue weighted by Gasteiger charge is -1.96. The number of benzene rings is 1. The van der Waals surface area contributed by atoms with E-state index in [0.29, 0.717) is 5.15 Å². The van der Waals surface area contributed by atoms with E-state index in [4.69, 9.17) is 11.6 Å². The Balaban J connectivity index is 2.28. The Morgan fingerprint density at radius 3 is 2.59 bits per heavy atom. The summed E-state index contributed by atoms with van der Waals surface area (Å²) in [5.41, 5.74) is 2.67. The number of nitrogens with zero attached hydrogens (tertiary/aromatic N) is 3. The van der Waals surface area contributed by atoms with Gasteiger partial charge in [0.05, 0.1) is 0 Å². The van der Waals surface area contributed by atoms with E-state index in [-0.39, 0.29) is 0 Å². The van der Waals surface area contributed by atoms with Gasteiger partial charge in [0, 0.05) is 5.56 Å². The largest absolute Gasteiger partial charge is 0.226 e. The van der Waals surface area contributed by atoms with E-state index in [9.17, 15) is 0 Å². The lowest BCUT2D eigenvalue weighted by atomic mass is 10.2. The van der Waals surface area contributed by atoms with Crippen LogP contribution < -0.4 is 0 Å². The van der Waals surface area contributed by atoms with E-state index in [1.54, 1.807) is 10.6 Å². The Labute approximate surface area is 111 Å². The SMILES string of the molecule is Clc1ccc2nc(-c3ccccc3)c(Br)n2n1. The van der Waals surface area contributed by atoms with Crippen molar-refractivity contribution in [2.75, 3.05) is 0 Å². The molecule has 1 aromatic carbocycles. The molecule has 3 aromatic rings. The molecule has 3 rings (SSSR count). The van der Waals surface area contributed by atoms with Crippen LogP contribution in [0.25, 0.3) is 16.9 Å². The third-order valence-corrected chi connectivity index (χ3v) is 3.35. The first kappa shape index (κ1) is 10.7.